The summed E-state index contributed by atoms with van der Waals surface area (Å²) in [6.45, 7) is 3.94. The third kappa shape index (κ3) is 6.94. The normalized spacial score (nSPS) is 21.8. The molecule has 7 heteroatoms. The largest absolute Gasteiger partial charge is 0.355 e. The fourth-order valence-corrected chi connectivity index (χ4v) is 4.19. The highest BCUT2D eigenvalue weighted by Crippen LogP contribution is 2.36. The SMILES string of the molecule is CN=C(NCC(c1ccc(F)cc1)N(C)C)NCC1(C)CCCS1.I. The minimum atomic E-state index is -0.205. The summed E-state index contributed by atoms with van der Waals surface area (Å²) in [5, 5.41) is 6.85. The highest BCUT2D eigenvalue weighted by atomic mass is 127. The van der Waals surface area contributed by atoms with Gasteiger partial charge in [-0.2, -0.15) is 11.8 Å². The van der Waals surface area contributed by atoms with E-state index >= 15 is 0 Å². The Bertz CT molecular complexity index is 545. The standard InChI is InChI=1S/C18H29FN4S.HI/c1-18(10-5-11-24-18)13-22-17(20-2)21-12-16(23(3)4)14-6-8-15(19)9-7-14;/h6-9,16H,5,10-13H2,1-4H3,(H2,20,21,22);1H. The van der Waals surface area contributed by atoms with Gasteiger partial charge in [-0.25, -0.2) is 4.39 Å². The molecule has 1 heterocycles. The molecule has 1 fully saturated rings. The highest BCUT2D eigenvalue weighted by Gasteiger charge is 2.29. The molecule has 2 N–H and O–H groups in total. The van der Waals surface area contributed by atoms with Crippen molar-refractivity contribution in [2.75, 3.05) is 40.0 Å². The minimum absolute atomic E-state index is 0. The minimum Gasteiger partial charge on any atom is -0.355 e. The van der Waals surface area contributed by atoms with Crippen molar-refractivity contribution >= 4 is 41.7 Å². The van der Waals surface area contributed by atoms with E-state index in [0.717, 1.165) is 18.1 Å². The van der Waals surface area contributed by atoms with E-state index in [0.29, 0.717) is 11.3 Å². The van der Waals surface area contributed by atoms with Crippen LogP contribution in [-0.4, -0.2) is 55.6 Å². The topological polar surface area (TPSA) is 39.7 Å². The van der Waals surface area contributed by atoms with Gasteiger partial charge in [0.15, 0.2) is 5.96 Å². The van der Waals surface area contributed by atoms with Crippen molar-refractivity contribution in [2.45, 2.75) is 30.6 Å². The van der Waals surface area contributed by atoms with Gasteiger partial charge in [0.05, 0.1) is 6.04 Å². The summed E-state index contributed by atoms with van der Waals surface area (Å²) < 4.78 is 13.4. The maximum absolute atomic E-state index is 13.1. The van der Waals surface area contributed by atoms with Crippen molar-refractivity contribution in [2.24, 2.45) is 4.99 Å². The summed E-state index contributed by atoms with van der Waals surface area (Å²) >= 11 is 2.04. The third-order valence-electron chi connectivity index (χ3n) is 4.49. The Hall–Kier alpha value is -0.540. The van der Waals surface area contributed by atoms with Crippen LogP contribution in [0.5, 0.6) is 0 Å². The molecule has 1 aromatic carbocycles. The number of hydrogen-bond acceptors (Lipinski definition) is 3. The lowest BCUT2D eigenvalue weighted by atomic mass is 10.1. The zero-order valence-electron chi connectivity index (χ0n) is 15.5. The van der Waals surface area contributed by atoms with Crippen molar-refractivity contribution in [3.8, 4) is 0 Å². The van der Waals surface area contributed by atoms with Crippen LogP contribution < -0.4 is 10.6 Å². The van der Waals surface area contributed by atoms with Gasteiger partial charge in [0.25, 0.3) is 0 Å². The molecule has 0 bridgehead atoms. The van der Waals surface area contributed by atoms with E-state index in [9.17, 15) is 4.39 Å². The monoisotopic (exact) mass is 480 g/mol. The molecule has 1 aliphatic heterocycles. The molecule has 2 unspecified atom stereocenters. The van der Waals surface area contributed by atoms with E-state index in [1.165, 1.54) is 30.7 Å². The third-order valence-corrected chi connectivity index (χ3v) is 6.03. The van der Waals surface area contributed by atoms with E-state index in [1.54, 1.807) is 7.05 Å². The van der Waals surface area contributed by atoms with Gasteiger partial charge in [0.2, 0.25) is 0 Å². The number of guanidine groups is 1. The van der Waals surface area contributed by atoms with Gasteiger partial charge < -0.3 is 15.5 Å². The number of rotatable bonds is 6. The maximum Gasteiger partial charge on any atom is 0.191 e. The molecule has 4 nitrogen and oxygen atoms in total. The van der Waals surface area contributed by atoms with Gasteiger partial charge in [0.1, 0.15) is 5.82 Å². The summed E-state index contributed by atoms with van der Waals surface area (Å²) in [6, 6.07) is 6.86. The molecule has 0 aromatic heterocycles. The van der Waals surface area contributed by atoms with Crippen LogP contribution in [-0.2, 0) is 0 Å². The number of benzene rings is 1. The van der Waals surface area contributed by atoms with Crippen molar-refractivity contribution in [3.63, 3.8) is 0 Å². The van der Waals surface area contributed by atoms with Crippen LogP contribution >= 0.6 is 35.7 Å². The van der Waals surface area contributed by atoms with Crippen LogP contribution in [0.4, 0.5) is 4.39 Å². The lowest BCUT2D eigenvalue weighted by Gasteiger charge is -2.28. The first-order valence-corrected chi connectivity index (χ1v) is 9.42. The second-order valence-corrected chi connectivity index (χ2v) is 8.42. The van der Waals surface area contributed by atoms with E-state index in [1.807, 2.05) is 38.0 Å². The van der Waals surface area contributed by atoms with Crippen LogP contribution in [0.15, 0.2) is 29.3 Å². The summed E-state index contributed by atoms with van der Waals surface area (Å²) in [5.41, 5.74) is 1.09. The summed E-state index contributed by atoms with van der Waals surface area (Å²) in [6.07, 6.45) is 2.54. The fourth-order valence-electron chi connectivity index (χ4n) is 2.94. The Morgan fingerprint density at radius 3 is 2.52 bits per heavy atom. The smallest absolute Gasteiger partial charge is 0.191 e. The van der Waals surface area contributed by atoms with Crippen molar-refractivity contribution in [1.29, 1.82) is 0 Å². The Labute approximate surface area is 172 Å². The number of halogens is 2. The maximum atomic E-state index is 13.1. The van der Waals surface area contributed by atoms with Crippen LogP contribution in [0.2, 0.25) is 0 Å². The quantitative estimate of drug-likeness (QED) is 0.372. The molecule has 25 heavy (non-hydrogen) atoms. The van der Waals surface area contributed by atoms with Crippen molar-refractivity contribution < 1.29 is 4.39 Å². The predicted octanol–water partition coefficient (Wildman–Crippen LogP) is 3.50. The fraction of sp³-hybridized carbons (Fsp3) is 0.611. The van der Waals surface area contributed by atoms with Crippen molar-refractivity contribution in [3.05, 3.63) is 35.6 Å². The molecule has 0 spiro atoms. The second kappa shape index (κ2) is 10.6. The first kappa shape index (κ1) is 22.5. The van der Waals surface area contributed by atoms with Gasteiger partial charge in [-0.3, -0.25) is 4.99 Å². The zero-order chi connectivity index (χ0) is 17.6. The Kier molecular flexibility index (Phi) is 9.51. The Balaban J connectivity index is 0.00000312. The average Bonchev–Trinajstić information content (AvgIpc) is 2.99. The second-order valence-electron chi connectivity index (χ2n) is 6.74. The van der Waals surface area contributed by atoms with E-state index in [4.69, 9.17) is 0 Å². The summed E-state index contributed by atoms with van der Waals surface area (Å²) in [5.74, 6) is 1.86. The number of thioether (sulfide) groups is 1. The molecule has 0 saturated carbocycles. The summed E-state index contributed by atoms with van der Waals surface area (Å²) in [4.78, 5) is 6.45. The lowest BCUT2D eigenvalue weighted by Crippen LogP contribution is -2.45. The zero-order valence-corrected chi connectivity index (χ0v) is 18.7. The molecular formula is C18H30FIN4S. The van der Waals surface area contributed by atoms with Crippen LogP contribution in [0, 0.1) is 5.82 Å². The van der Waals surface area contributed by atoms with E-state index in [-0.39, 0.29) is 35.8 Å². The summed E-state index contributed by atoms with van der Waals surface area (Å²) in [7, 11) is 5.85. The molecule has 1 aromatic rings. The Morgan fingerprint density at radius 2 is 2.00 bits per heavy atom. The number of nitrogens with zero attached hydrogens (tertiary/aromatic N) is 2. The molecule has 0 amide bonds. The first-order valence-electron chi connectivity index (χ1n) is 8.44. The molecule has 142 valence electrons. The van der Waals surface area contributed by atoms with Crippen LogP contribution in [0.3, 0.4) is 0 Å². The number of nitrogens with one attached hydrogen (secondary N) is 2. The molecule has 0 aliphatic carbocycles. The molecule has 2 atom stereocenters. The molecule has 2 rings (SSSR count). The van der Waals surface area contributed by atoms with E-state index in [2.05, 4.69) is 27.4 Å². The average molecular weight is 480 g/mol. The number of aliphatic imine (C=N–C) groups is 1. The van der Waals surface area contributed by atoms with Gasteiger partial charge in [-0.1, -0.05) is 12.1 Å². The number of hydrogen-bond donors (Lipinski definition) is 2. The number of likely N-dealkylation sites (N-methyl/N-ethyl adjacent to an activating group) is 1. The van der Waals surface area contributed by atoms with Crippen LogP contribution in [0.25, 0.3) is 0 Å². The molecule has 1 aliphatic rings. The molecular weight excluding hydrogens is 450 g/mol. The van der Waals surface area contributed by atoms with Gasteiger partial charge in [-0.05, 0) is 57.3 Å². The van der Waals surface area contributed by atoms with Gasteiger partial charge >= 0.3 is 0 Å². The predicted molar refractivity (Wildman–Crippen MR) is 118 cm³/mol. The van der Waals surface area contributed by atoms with Crippen LogP contribution in [0.1, 0.15) is 31.4 Å². The molecule has 1 saturated heterocycles. The lowest BCUT2D eigenvalue weighted by molar-refractivity contribution is 0.298. The highest BCUT2D eigenvalue weighted by molar-refractivity contribution is 14.0. The van der Waals surface area contributed by atoms with Gasteiger partial charge in [-0.15, -0.1) is 24.0 Å². The van der Waals surface area contributed by atoms with Crippen molar-refractivity contribution in [1.82, 2.24) is 15.5 Å². The van der Waals surface area contributed by atoms with E-state index < -0.39 is 0 Å². The Morgan fingerprint density at radius 1 is 1.32 bits per heavy atom. The van der Waals surface area contributed by atoms with Gasteiger partial charge in [0, 0.05) is 24.9 Å². The first-order chi connectivity index (χ1) is 11.4. The molecule has 0 radical (unpaired) electrons.